The number of phenolic OH excluding ortho intramolecular Hbond substituents is 1. The molecule has 0 saturated heterocycles. The van der Waals surface area contributed by atoms with Crippen molar-refractivity contribution in [3.05, 3.63) is 71.0 Å². The van der Waals surface area contributed by atoms with E-state index in [9.17, 15) is 14.7 Å². The van der Waals surface area contributed by atoms with Gasteiger partial charge >= 0.3 is 5.97 Å². The van der Waals surface area contributed by atoms with Gasteiger partial charge in [0.2, 0.25) is 0 Å². The number of aromatic nitrogens is 2. The van der Waals surface area contributed by atoms with Crippen LogP contribution in [0.4, 0.5) is 0 Å². The van der Waals surface area contributed by atoms with E-state index in [1.807, 2.05) is 30.3 Å². The monoisotopic (exact) mass is 474 g/mol. The fraction of sp³-hybridized carbons (Fsp3) is 0.0800. The maximum Gasteiger partial charge on any atom is 0.341 e. The lowest BCUT2D eigenvalue weighted by atomic mass is 10.0. The Morgan fingerprint density at radius 1 is 1.00 bits per heavy atom. The highest BCUT2D eigenvalue weighted by Gasteiger charge is 2.15. The first-order chi connectivity index (χ1) is 16.4. The van der Waals surface area contributed by atoms with Crippen LogP contribution in [0.1, 0.15) is 0 Å². The molecule has 0 aliphatic heterocycles. The second-order valence-corrected chi connectivity index (χ2v) is 8.53. The van der Waals surface area contributed by atoms with Crippen LogP contribution >= 0.6 is 11.3 Å². The molecule has 0 bridgehead atoms. The van der Waals surface area contributed by atoms with E-state index in [2.05, 4.69) is 9.97 Å². The van der Waals surface area contributed by atoms with Gasteiger partial charge in [0.15, 0.2) is 18.1 Å². The lowest BCUT2D eigenvalue weighted by Crippen LogP contribution is -2.10. The van der Waals surface area contributed by atoms with Crippen LogP contribution in [0, 0.1) is 0 Å². The zero-order valence-electron chi connectivity index (χ0n) is 17.9. The fourth-order valence-electron chi connectivity index (χ4n) is 3.73. The first-order valence-electron chi connectivity index (χ1n) is 10.2. The molecule has 3 aromatic carbocycles. The van der Waals surface area contributed by atoms with E-state index in [4.69, 9.17) is 14.6 Å². The van der Waals surface area contributed by atoms with Crippen LogP contribution in [-0.4, -0.2) is 39.9 Å². The number of benzene rings is 3. The first kappa shape index (κ1) is 21.5. The van der Waals surface area contributed by atoms with Crippen LogP contribution < -0.4 is 15.0 Å². The lowest BCUT2D eigenvalue weighted by molar-refractivity contribution is -0.139. The molecule has 8 nitrogen and oxygen atoms in total. The molecule has 170 valence electrons. The summed E-state index contributed by atoms with van der Waals surface area (Å²) in [7, 11) is 1.45. The Labute approximate surface area is 196 Å². The van der Waals surface area contributed by atoms with Gasteiger partial charge in [-0.25, -0.2) is 9.78 Å². The quantitative estimate of drug-likeness (QED) is 0.327. The Hall–Kier alpha value is -4.37. The highest BCUT2D eigenvalue weighted by atomic mass is 32.1. The number of thiophene rings is 1. The summed E-state index contributed by atoms with van der Waals surface area (Å²) < 4.78 is 11.5. The maximum atomic E-state index is 13.0. The van der Waals surface area contributed by atoms with Gasteiger partial charge < -0.3 is 24.7 Å². The molecule has 0 saturated carbocycles. The molecule has 5 rings (SSSR count). The highest BCUT2D eigenvalue weighted by molar-refractivity contribution is 7.25. The van der Waals surface area contributed by atoms with Crippen molar-refractivity contribution in [3.8, 4) is 39.8 Å². The molecule has 3 N–H and O–H groups in total. The van der Waals surface area contributed by atoms with Crippen molar-refractivity contribution in [1.82, 2.24) is 9.97 Å². The molecule has 0 spiro atoms. The molecule has 5 aromatic rings. The van der Waals surface area contributed by atoms with E-state index < -0.39 is 12.6 Å². The van der Waals surface area contributed by atoms with Crippen LogP contribution in [-0.2, 0) is 4.79 Å². The molecule has 0 atom stereocenters. The van der Waals surface area contributed by atoms with E-state index in [0.29, 0.717) is 27.4 Å². The molecule has 9 heteroatoms. The van der Waals surface area contributed by atoms with Gasteiger partial charge in [0.05, 0.1) is 12.5 Å². The van der Waals surface area contributed by atoms with Crippen LogP contribution in [0.5, 0.6) is 17.2 Å². The zero-order valence-corrected chi connectivity index (χ0v) is 18.7. The third-order valence-electron chi connectivity index (χ3n) is 5.33. The number of hydrogen-bond acceptors (Lipinski definition) is 7. The number of rotatable bonds is 6. The minimum atomic E-state index is -1.10. The van der Waals surface area contributed by atoms with Crippen LogP contribution in [0.25, 0.3) is 42.8 Å². The standard InChI is InChI=1S/C25H18N2O6S/c1-32-19-10-15(5-9-18(19)33-12-21(29)30)23-26-24(31)22-17-8-4-14(11-20(17)34-25(22)27-23)13-2-6-16(28)7-3-13/h2-11,28H,12H2,1H3,(H,29,30)(H,26,27,31). The Kier molecular flexibility index (Phi) is 5.39. The van der Waals surface area contributed by atoms with Crippen molar-refractivity contribution in [2.75, 3.05) is 13.7 Å². The van der Waals surface area contributed by atoms with Crippen LogP contribution in [0.3, 0.4) is 0 Å². The molecule has 0 aliphatic rings. The Morgan fingerprint density at radius 3 is 2.47 bits per heavy atom. The summed E-state index contributed by atoms with van der Waals surface area (Å²) in [6, 6.07) is 17.7. The van der Waals surface area contributed by atoms with Crippen molar-refractivity contribution in [2.45, 2.75) is 0 Å². The average molecular weight is 474 g/mol. The number of carboxylic acid groups (broad SMARTS) is 1. The van der Waals surface area contributed by atoms with Crippen molar-refractivity contribution >= 4 is 37.6 Å². The molecule has 34 heavy (non-hydrogen) atoms. The number of hydrogen-bond donors (Lipinski definition) is 3. The fourth-order valence-corrected chi connectivity index (χ4v) is 4.84. The summed E-state index contributed by atoms with van der Waals surface area (Å²) in [5.41, 5.74) is 2.27. The lowest BCUT2D eigenvalue weighted by Gasteiger charge is -2.10. The molecule has 2 heterocycles. The van der Waals surface area contributed by atoms with Gasteiger partial charge in [-0.15, -0.1) is 11.3 Å². The maximum absolute atomic E-state index is 13.0. The van der Waals surface area contributed by atoms with Crippen LogP contribution in [0.15, 0.2) is 65.5 Å². The SMILES string of the molecule is COc1cc(-c2nc3sc4cc(-c5ccc(O)cc5)ccc4c3c(=O)[nH]2)ccc1OCC(=O)O. The van der Waals surface area contributed by atoms with Crippen molar-refractivity contribution in [1.29, 1.82) is 0 Å². The summed E-state index contributed by atoms with van der Waals surface area (Å²) >= 11 is 1.42. The van der Waals surface area contributed by atoms with Crippen LogP contribution in [0.2, 0.25) is 0 Å². The van der Waals surface area contributed by atoms with E-state index in [-0.39, 0.29) is 17.1 Å². The number of ether oxygens (including phenoxy) is 2. The predicted molar refractivity (Wildman–Crippen MR) is 130 cm³/mol. The van der Waals surface area contributed by atoms with E-state index in [1.54, 1.807) is 30.3 Å². The molecule has 0 fully saturated rings. The second-order valence-electron chi connectivity index (χ2n) is 7.50. The number of H-pyrrole nitrogens is 1. The van der Waals surface area contributed by atoms with Gasteiger partial charge in [-0.05, 0) is 47.5 Å². The number of phenols is 1. The third kappa shape index (κ3) is 3.93. The summed E-state index contributed by atoms with van der Waals surface area (Å²) in [6.45, 7) is -0.495. The number of fused-ring (bicyclic) bond motifs is 3. The Bertz CT molecular complexity index is 1600. The molecule has 0 radical (unpaired) electrons. The minimum Gasteiger partial charge on any atom is -0.508 e. The highest BCUT2D eigenvalue weighted by Crippen LogP contribution is 2.36. The summed E-state index contributed by atoms with van der Waals surface area (Å²) in [4.78, 5) is 31.9. The summed E-state index contributed by atoms with van der Waals surface area (Å²) in [5.74, 6) is 0.0805. The number of methoxy groups -OCH3 is 1. The summed E-state index contributed by atoms with van der Waals surface area (Å²) in [6.07, 6.45) is 0. The van der Waals surface area contributed by atoms with E-state index >= 15 is 0 Å². The van der Waals surface area contributed by atoms with Gasteiger partial charge in [0, 0.05) is 15.6 Å². The van der Waals surface area contributed by atoms with Crippen molar-refractivity contribution in [2.24, 2.45) is 0 Å². The molecule has 0 aliphatic carbocycles. The molecule has 0 unspecified atom stereocenters. The molecule has 0 amide bonds. The topological polar surface area (TPSA) is 122 Å². The third-order valence-corrected chi connectivity index (χ3v) is 6.38. The Morgan fingerprint density at radius 2 is 1.74 bits per heavy atom. The molecular formula is C25H18N2O6S. The van der Waals surface area contributed by atoms with Gasteiger partial charge in [0.25, 0.3) is 5.56 Å². The van der Waals surface area contributed by atoms with Gasteiger partial charge in [-0.1, -0.05) is 24.3 Å². The number of nitrogens with zero attached hydrogens (tertiary/aromatic N) is 1. The molecule has 2 aromatic heterocycles. The second kappa shape index (κ2) is 8.53. The molecular weight excluding hydrogens is 456 g/mol. The summed E-state index contributed by atoms with van der Waals surface area (Å²) in [5, 5.41) is 19.7. The smallest absolute Gasteiger partial charge is 0.341 e. The average Bonchev–Trinajstić information content (AvgIpc) is 3.21. The first-order valence-corrected chi connectivity index (χ1v) is 11.0. The number of aliphatic carboxylic acids is 1. The minimum absolute atomic E-state index is 0.202. The van der Waals surface area contributed by atoms with Gasteiger partial charge in [-0.2, -0.15) is 0 Å². The van der Waals surface area contributed by atoms with E-state index in [1.165, 1.54) is 18.4 Å². The van der Waals surface area contributed by atoms with Crippen molar-refractivity contribution < 1.29 is 24.5 Å². The van der Waals surface area contributed by atoms with Gasteiger partial charge in [0.1, 0.15) is 16.4 Å². The van der Waals surface area contributed by atoms with E-state index in [0.717, 1.165) is 21.2 Å². The number of nitrogens with one attached hydrogen (secondary N) is 1. The predicted octanol–water partition coefficient (Wildman–Crippen LogP) is 4.65. The zero-order chi connectivity index (χ0) is 23.8. The number of carboxylic acids is 1. The van der Waals surface area contributed by atoms with Gasteiger partial charge in [-0.3, -0.25) is 4.79 Å². The largest absolute Gasteiger partial charge is 0.508 e. The number of aromatic hydroxyl groups is 1. The Balaban J connectivity index is 1.57. The van der Waals surface area contributed by atoms with Crippen molar-refractivity contribution in [3.63, 3.8) is 0 Å². The normalized spacial score (nSPS) is 11.1. The number of aromatic amines is 1. The number of carbonyl (C=O) groups is 1.